The Morgan fingerprint density at radius 1 is 0.867 bits per heavy atom. The summed E-state index contributed by atoms with van der Waals surface area (Å²) in [6.07, 6.45) is 17.2. The molecule has 0 radical (unpaired) electrons. The number of unbranched alkanes of at least 4 members (excludes halogenated alkanes) is 8. The highest BCUT2D eigenvalue weighted by atomic mass is 16.5. The predicted octanol–water partition coefficient (Wildman–Crippen LogP) is 7.17. The zero-order valence-corrected chi connectivity index (χ0v) is 19.0. The predicted molar refractivity (Wildman–Crippen MR) is 123 cm³/mol. The number of aromatic nitrogens is 2. The first-order valence-electron chi connectivity index (χ1n) is 11.8. The number of carbonyl (C=O) groups is 1. The van der Waals surface area contributed by atoms with Crippen LogP contribution in [0, 0.1) is 5.92 Å². The smallest absolute Gasteiger partial charge is 0.314 e. The maximum atomic E-state index is 11.9. The van der Waals surface area contributed by atoms with E-state index >= 15 is 0 Å². The van der Waals surface area contributed by atoms with Crippen molar-refractivity contribution in [1.82, 2.24) is 9.97 Å². The van der Waals surface area contributed by atoms with Gasteiger partial charge in [0.1, 0.15) is 0 Å². The van der Waals surface area contributed by atoms with Crippen LogP contribution in [0.3, 0.4) is 0 Å². The van der Waals surface area contributed by atoms with Gasteiger partial charge in [-0.1, -0.05) is 96.4 Å². The second kappa shape index (κ2) is 13.9. The molecular weight excluding hydrogens is 372 g/mol. The van der Waals surface area contributed by atoms with E-state index in [2.05, 4.69) is 41.2 Å². The van der Waals surface area contributed by atoms with Crippen LogP contribution in [-0.2, 0) is 11.2 Å². The van der Waals surface area contributed by atoms with Crippen molar-refractivity contribution in [3.8, 4) is 17.1 Å². The summed E-state index contributed by atoms with van der Waals surface area (Å²) in [5, 5.41) is 0. The van der Waals surface area contributed by atoms with Crippen LogP contribution in [-0.4, -0.2) is 15.9 Å². The summed E-state index contributed by atoms with van der Waals surface area (Å²) >= 11 is 0. The third-order valence-electron chi connectivity index (χ3n) is 5.64. The minimum atomic E-state index is -0.241. The molecule has 0 saturated carbocycles. The Hall–Kier alpha value is -2.23. The van der Waals surface area contributed by atoms with Crippen molar-refractivity contribution in [2.45, 2.75) is 91.4 Å². The molecule has 0 N–H and O–H groups in total. The molecule has 0 spiro atoms. The zero-order chi connectivity index (χ0) is 21.6. The van der Waals surface area contributed by atoms with E-state index in [9.17, 15) is 4.79 Å². The van der Waals surface area contributed by atoms with Crippen LogP contribution in [0.5, 0.6) is 5.75 Å². The minimum absolute atomic E-state index is 0.122. The number of benzene rings is 1. The summed E-state index contributed by atoms with van der Waals surface area (Å²) in [6, 6.07) is 8.48. The number of esters is 1. The average Bonchev–Trinajstić information content (AvgIpc) is 2.78. The molecule has 0 aliphatic carbocycles. The largest absolute Gasteiger partial charge is 0.423 e. The van der Waals surface area contributed by atoms with Crippen molar-refractivity contribution >= 4 is 5.97 Å². The first kappa shape index (κ1) is 24.0. The lowest BCUT2D eigenvalue weighted by molar-refractivity contribution is -0.138. The zero-order valence-electron chi connectivity index (χ0n) is 19.0. The number of aryl methyl sites for hydroxylation is 1. The van der Waals surface area contributed by atoms with Crippen LogP contribution in [0.2, 0.25) is 0 Å². The van der Waals surface area contributed by atoms with Crippen LogP contribution in [0.1, 0.15) is 90.5 Å². The normalized spacial score (nSPS) is 12.0. The van der Waals surface area contributed by atoms with Crippen LogP contribution < -0.4 is 4.74 Å². The first-order chi connectivity index (χ1) is 14.6. The second-order valence-electron chi connectivity index (χ2n) is 8.25. The SMILES string of the molecule is CCCCCCCCCCCc1ccc(-c2ncc(OC(=O)C(C)CC)cn2)cc1. The highest BCUT2D eigenvalue weighted by molar-refractivity contribution is 5.74. The van der Waals surface area contributed by atoms with Gasteiger partial charge in [0.2, 0.25) is 0 Å². The van der Waals surface area contributed by atoms with Crippen molar-refractivity contribution in [2.24, 2.45) is 5.92 Å². The molecule has 2 rings (SSSR count). The number of carbonyl (C=O) groups excluding carboxylic acids is 1. The Labute approximate surface area is 182 Å². The Bertz CT molecular complexity index is 726. The van der Waals surface area contributed by atoms with Gasteiger partial charge in [-0.15, -0.1) is 0 Å². The number of rotatable bonds is 14. The molecule has 0 saturated heterocycles. The maximum absolute atomic E-state index is 11.9. The summed E-state index contributed by atoms with van der Waals surface area (Å²) in [4.78, 5) is 20.6. The fraction of sp³-hybridized carbons (Fsp3) is 0.577. The fourth-order valence-corrected chi connectivity index (χ4v) is 3.36. The summed E-state index contributed by atoms with van der Waals surface area (Å²) < 4.78 is 5.31. The van der Waals surface area contributed by atoms with Gasteiger partial charge in [0.15, 0.2) is 11.6 Å². The van der Waals surface area contributed by atoms with Crippen LogP contribution >= 0.6 is 0 Å². The van der Waals surface area contributed by atoms with E-state index in [1.54, 1.807) is 12.4 Å². The van der Waals surface area contributed by atoms with E-state index in [1.165, 1.54) is 63.4 Å². The molecule has 1 atom stereocenters. The van der Waals surface area contributed by atoms with Gasteiger partial charge in [-0.3, -0.25) is 4.79 Å². The standard InChI is InChI=1S/C26H38N2O2/c1-4-6-7-8-9-10-11-12-13-14-22-15-17-23(18-16-22)25-27-19-24(20-28-25)30-26(29)21(3)5-2/h15-21H,4-14H2,1-3H3. The quantitative estimate of drug-likeness (QED) is 0.245. The van der Waals surface area contributed by atoms with Crippen LogP contribution in [0.25, 0.3) is 11.4 Å². The summed E-state index contributed by atoms with van der Waals surface area (Å²) in [5.74, 6) is 0.678. The molecule has 164 valence electrons. The van der Waals surface area contributed by atoms with Crippen LogP contribution in [0.4, 0.5) is 0 Å². The van der Waals surface area contributed by atoms with Gasteiger partial charge >= 0.3 is 5.97 Å². The summed E-state index contributed by atoms with van der Waals surface area (Å²) in [6.45, 7) is 6.09. The van der Waals surface area contributed by atoms with Crippen molar-refractivity contribution < 1.29 is 9.53 Å². The van der Waals surface area contributed by atoms with Gasteiger partial charge in [0.25, 0.3) is 0 Å². The van der Waals surface area contributed by atoms with Gasteiger partial charge in [-0.2, -0.15) is 0 Å². The molecule has 0 aliphatic heterocycles. The van der Waals surface area contributed by atoms with Crippen molar-refractivity contribution in [3.63, 3.8) is 0 Å². The lowest BCUT2D eigenvalue weighted by Gasteiger charge is -2.08. The van der Waals surface area contributed by atoms with Crippen molar-refractivity contribution in [2.75, 3.05) is 0 Å². The molecule has 4 heteroatoms. The molecule has 1 unspecified atom stereocenters. The molecule has 1 aromatic carbocycles. The second-order valence-corrected chi connectivity index (χ2v) is 8.25. The van der Waals surface area contributed by atoms with E-state index in [1.807, 2.05) is 13.8 Å². The molecule has 2 aromatic rings. The molecule has 0 bridgehead atoms. The molecule has 1 aromatic heterocycles. The van der Waals surface area contributed by atoms with Gasteiger partial charge in [-0.05, 0) is 24.8 Å². The summed E-state index contributed by atoms with van der Waals surface area (Å²) in [5.41, 5.74) is 2.34. The summed E-state index contributed by atoms with van der Waals surface area (Å²) in [7, 11) is 0. The number of hydrogen-bond acceptors (Lipinski definition) is 4. The lowest BCUT2D eigenvalue weighted by Crippen LogP contribution is -2.17. The van der Waals surface area contributed by atoms with E-state index in [-0.39, 0.29) is 11.9 Å². The highest BCUT2D eigenvalue weighted by Crippen LogP contribution is 2.19. The van der Waals surface area contributed by atoms with Gasteiger partial charge in [-0.25, -0.2) is 9.97 Å². The third-order valence-corrected chi connectivity index (χ3v) is 5.64. The molecule has 0 fully saturated rings. The van der Waals surface area contributed by atoms with E-state index in [0.29, 0.717) is 11.6 Å². The van der Waals surface area contributed by atoms with E-state index in [4.69, 9.17) is 4.74 Å². The first-order valence-corrected chi connectivity index (χ1v) is 11.8. The topological polar surface area (TPSA) is 52.1 Å². The van der Waals surface area contributed by atoms with E-state index < -0.39 is 0 Å². The van der Waals surface area contributed by atoms with Gasteiger partial charge < -0.3 is 4.74 Å². The van der Waals surface area contributed by atoms with Crippen molar-refractivity contribution in [3.05, 3.63) is 42.2 Å². The molecule has 0 amide bonds. The Morgan fingerprint density at radius 2 is 1.43 bits per heavy atom. The molecular formula is C26H38N2O2. The third kappa shape index (κ3) is 8.64. The van der Waals surface area contributed by atoms with E-state index in [0.717, 1.165) is 18.4 Å². The van der Waals surface area contributed by atoms with Gasteiger partial charge in [0, 0.05) is 5.56 Å². The Balaban J connectivity index is 1.71. The molecule has 4 nitrogen and oxygen atoms in total. The molecule has 30 heavy (non-hydrogen) atoms. The monoisotopic (exact) mass is 410 g/mol. The fourth-order valence-electron chi connectivity index (χ4n) is 3.36. The average molecular weight is 411 g/mol. The van der Waals surface area contributed by atoms with Gasteiger partial charge in [0.05, 0.1) is 18.3 Å². The number of ether oxygens (including phenoxy) is 1. The van der Waals surface area contributed by atoms with Crippen LogP contribution in [0.15, 0.2) is 36.7 Å². The Kier molecular flexibility index (Phi) is 11.1. The number of hydrogen-bond donors (Lipinski definition) is 0. The lowest BCUT2D eigenvalue weighted by atomic mass is 10.0. The molecule has 0 aliphatic rings. The highest BCUT2D eigenvalue weighted by Gasteiger charge is 2.13. The minimum Gasteiger partial charge on any atom is -0.423 e. The molecule has 1 heterocycles. The van der Waals surface area contributed by atoms with Crippen molar-refractivity contribution in [1.29, 1.82) is 0 Å². The maximum Gasteiger partial charge on any atom is 0.314 e. The Morgan fingerprint density at radius 3 is 2.00 bits per heavy atom. The number of nitrogens with zero attached hydrogens (tertiary/aromatic N) is 2.